The van der Waals surface area contributed by atoms with Gasteiger partial charge in [-0.05, 0) is 30.5 Å². The first-order valence-corrected chi connectivity index (χ1v) is 11.3. The molecule has 6 nitrogen and oxygen atoms in total. The lowest BCUT2D eigenvalue weighted by molar-refractivity contribution is -0.0190. The number of hydrogen-bond donors (Lipinski definition) is 1. The molecule has 0 aliphatic carbocycles. The largest absolute Gasteiger partial charge is 0.389 e. The highest BCUT2D eigenvalue weighted by molar-refractivity contribution is 7.17. The minimum absolute atomic E-state index is 0.0198. The number of anilines is 1. The second-order valence-electron chi connectivity index (χ2n) is 7.94. The highest BCUT2D eigenvalue weighted by atomic mass is 32.1. The molecular weight excluding hydrogens is 403 g/mol. The molecule has 2 atom stereocenters. The van der Waals surface area contributed by atoms with Crippen molar-refractivity contribution < 1.29 is 14.2 Å². The summed E-state index contributed by atoms with van der Waals surface area (Å²) < 4.78 is 19.0. The number of piperazine rings is 1. The Morgan fingerprint density at radius 1 is 1.17 bits per heavy atom. The third-order valence-electron chi connectivity index (χ3n) is 6.02. The zero-order valence-electron chi connectivity index (χ0n) is 16.7. The SMILES string of the molecule is O[C@@H](CN1CCN(c2ncnc3scc(-c4ccc(F)cc4)c23)CC1)[C@@H]1CCCO1. The van der Waals surface area contributed by atoms with Gasteiger partial charge in [0.15, 0.2) is 0 Å². The number of ether oxygens (including phenoxy) is 1. The summed E-state index contributed by atoms with van der Waals surface area (Å²) in [4.78, 5) is 14.6. The second kappa shape index (κ2) is 8.55. The van der Waals surface area contributed by atoms with Gasteiger partial charge >= 0.3 is 0 Å². The van der Waals surface area contributed by atoms with Crippen LogP contribution < -0.4 is 4.90 Å². The third kappa shape index (κ3) is 3.92. The molecule has 4 heterocycles. The highest BCUT2D eigenvalue weighted by Gasteiger charge is 2.28. The van der Waals surface area contributed by atoms with Gasteiger partial charge in [-0.1, -0.05) is 12.1 Å². The number of fused-ring (bicyclic) bond motifs is 1. The number of benzene rings is 1. The van der Waals surface area contributed by atoms with Crippen LogP contribution in [0.1, 0.15) is 12.8 Å². The van der Waals surface area contributed by atoms with E-state index in [0.717, 1.165) is 72.8 Å². The minimum Gasteiger partial charge on any atom is -0.389 e. The van der Waals surface area contributed by atoms with Crippen LogP contribution in [0.2, 0.25) is 0 Å². The Kier molecular flexibility index (Phi) is 5.64. The first-order chi connectivity index (χ1) is 14.7. The third-order valence-corrected chi connectivity index (χ3v) is 6.90. The number of aromatic nitrogens is 2. The predicted octanol–water partition coefficient (Wildman–Crippen LogP) is 3.16. The van der Waals surface area contributed by atoms with Crippen LogP contribution in [-0.4, -0.2) is 71.5 Å². The van der Waals surface area contributed by atoms with Crippen LogP contribution in [0.3, 0.4) is 0 Å². The molecule has 158 valence electrons. The molecule has 1 N–H and O–H groups in total. The molecule has 0 bridgehead atoms. The average molecular weight is 429 g/mol. The maximum absolute atomic E-state index is 13.4. The Bertz CT molecular complexity index is 998. The number of nitrogens with zero attached hydrogens (tertiary/aromatic N) is 4. The van der Waals surface area contributed by atoms with E-state index in [1.807, 2.05) is 0 Å². The first kappa shape index (κ1) is 19.8. The van der Waals surface area contributed by atoms with E-state index in [2.05, 4.69) is 25.1 Å². The normalized spacial score (nSPS) is 21.4. The molecule has 1 aromatic carbocycles. The number of β-amino-alcohol motifs (C(OH)–C–C–N with tert-alkyl or cyclic N) is 1. The van der Waals surface area contributed by atoms with Gasteiger partial charge in [-0.25, -0.2) is 14.4 Å². The van der Waals surface area contributed by atoms with E-state index in [4.69, 9.17) is 4.74 Å². The number of aliphatic hydroxyl groups excluding tert-OH is 1. The molecule has 0 radical (unpaired) electrons. The molecule has 8 heteroatoms. The molecule has 2 aliphatic rings. The van der Waals surface area contributed by atoms with Gasteiger partial charge in [0, 0.05) is 50.3 Å². The molecular formula is C22H25FN4O2S. The van der Waals surface area contributed by atoms with E-state index in [9.17, 15) is 9.50 Å². The Labute approximate surface area is 178 Å². The Morgan fingerprint density at radius 2 is 1.97 bits per heavy atom. The summed E-state index contributed by atoms with van der Waals surface area (Å²) in [6.07, 6.45) is 3.16. The highest BCUT2D eigenvalue weighted by Crippen LogP contribution is 2.38. The zero-order valence-corrected chi connectivity index (χ0v) is 17.5. The summed E-state index contributed by atoms with van der Waals surface area (Å²) in [6, 6.07) is 6.58. The van der Waals surface area contributed by atoms with Crippen LogP contribution >= 0.6 is 11.3 Å². The van der Waals surface area contributed by atoms with Gasteiger partial charge in [0.1, 0.15) is 22.8 Å². The second-order valence-corrected chi connectivity index (χ2v) is 8.80. The smallest absolute Gasteiger partial charge is 0.141 e. The summed E-state index contributed by atoms with van der Waals surface area (Å²) in [7, 11) is 0. The maximum Gasteiger partial charge on any atom is 0.141 e. The molecule has 2 fully saturated rings. The Hall–Kier alpha value is -2.13. The van der Waals surface area contributed by atoms with Crippen LogP contribution in [0, 0.1) is 5.82 Å². The maximum atomic E-state index is 13.4. The fraction of sp³-hybridized carbons (Fsp3) is 0.455. The van der Waals surface area contributed by atoms with Gasteiger partial charge in [-0.15, -0.1) is 11.3 Å². The average Bonchev–Trinajstić information content (AvgIpc) is 3.45. The first-order valence-electron chi connectivity index (χ1n) is 10.4. The molecule has 5 rings (SSSR count). The van der Waals surface area contributed by atoms with Crippen LogP contribution in [-0.2, 0) is 4.74 Å². The van der Waals surface area contributed by atoms with Crippen LogP contribution in [0.4, 0.5) is 10.2 Å². The standard InChI is InChI=1S/C22H25FN4O2S/c23-16-5-3-15(4-6-16)17-13-30-22-20(17)21(24-14-25-22)27-9-7-26(8-10-27)12-18(28)19-2-1-11-29-19/h3-6,13-14,18-19,28H,1-2,7-12H2/t18-,19-/m0/s1. The summed E-state index contributed by atoms with van der Waals surface area (Å²) in [5.41, 5.74) is 2.01. The van der Waals surface area contributed by atoms with Crippen molar-refractivity contribution >= 4 is 27.4 Å². The minimum atomic E-state index is -0.424. The van der Waals surface area contributed by atoms with Crippen molar-refractivity contribution in [3.8, 4) is 11.1 Å². The Morgan fingerprint density at radius 3 is 2.70 bits per heavy atom. The molecule has 30 heavy (non-hydrogen) atoms. The van der Waals surface area contributed by atoms with Gasteiger partial charge in [0.25, 0.3) is 0 Å². The van der Waals surface area contributed by atoms with E-state index >= 15 is 0 Å². The summed E-state index contributed by atoms with van der Waals surface area (Å²) in [6.45, 7) is 4.82. The molecule has 3 aromatic rings. The molecule has 2 saturated heterocycles. The molecule has 2 aromatic heterocycles. The summed E-state index contributed by atoms with van der Waals surface area (Å²) in [5.74, 6) is 0.691. The van der Waals surface area contributed by atoms with Crippen molar-refractivity contribution in [3.05, 3.63) is 41.8 Å². The number of hydrogen-bond acceptors (Lipinski definition) is 7. The number of halogens is 1. The van der Waals surface area contributed by atoms with Crippen molar-refractivity contribution in [1.29, 1.82) is 0 Å². The van der Waals surface area contributed by atoms with E-state index in [1.165, 1.54) is 12.1 Å². The van der Waals surface area contributed by atoms with Crippen LogP contribution in [0.15, 0.2) is 36.0 Å². The van der Waals surface area contributed by atoms with Crippen molar-refractivity contribution in [2.45, 2.75) is 25.0 Å². The zero-order chi connectivity index (χ0) is 20.5. The summed E-state index contributed by atoms with van der Waals surface area (Å²) >= 11 is 1.59. The number of aliphatic hydroxyl groups is 1. The molecule has 0 unspecified atom stereocenters. The predicted molar refractivity (Wildman–Crippen MR) is 116 cm³/mol. The van der Waals surface area contributed by atoms with Gasteiger partial charge in [0.2, 0.25) is 0 Å². The van der Waals surface area contributed by atoms with Crippen molar-refractivity contribution in [2.75, 3.05) is 44.2 Å². The molecule has 0 spiro atoms. The number of thiophene rings is 1. The van der Waals surface area contributed by atoms with E-state index in [0.29, 0.717) is 6.54 Å². The lowest BCUT2D eigenvalue weighted by atomic mass is 10.1. The van der Waals surface area contributed by atoms with E-state index in [1.54, 1.807) is 29.8 Å². The number of rotatable bonds is 5. The molecule has 0 amide bonds. The lowest BCUT2D eigenvalue weighted by Crippen LogP contribution is -2.50. The van der Waals surface area contributed by atoms with E-state index in [-0.39, 0.29) is 11.9 Å². The lowest BCUT2D eigenvalue weighted by Gasteiger charge is -2.37. The molecule has 2 aliphatic heterocycles. The van der Waals surface area contributed by atoms with Gasteiger partial charge in [0.05, 0.1) is 17.6 Å². The quantitative estimate of drug-likeness (QED) is 0.674. The summed E-state index contributed by atoms with van der Waals surface area (Å²) in [5, 5.41) is 13.6. The van der Waals surface area contributed by atoms with Crippen LogP contribution in [0.25, 0.3) is 21.3 Å². The van der Waals surface area contributed by atoms with Crippen molar-refractivity contribution in [1.82, 2.24) is 14.9 Å². The van der Waals surface area contributed by atoms with Gasteiger partial charge < -0.3 is 14.7 Å². The van der Waals surface area contributed by atoms with Crippen molar-refractivity contribution in [2.24, 2.45) is 0 Å². The topological polar surface area (TPSA) is 61.7 Å². The Balaban J connectivity index is 1.33. The fourth-order valence-electron chi connectivity index (χ4n) is 4.37. The van der Waals surface area contributed by atoms with Gasteiger partial charge in [-0.3, -0.25) is 4.90 Å². The van der Waals surface area contributed by atoms with E-state index < -0.39 is 6.10 Å². The van der Waals surface area contributed by atoms with Crippen LogP contribution in [0.5, 0.6) is 0 Å². The monoisotopic (exact) mass is 428 g/mol. The van der Waals surface area contributed by atoms with Gasteiger partial charge in [-0.2, -0.15) is 0 Å². The van der Waals surface area contributed by atoms with Crippen molar-refractivity contribution in [3.63, 3.8) is 0 Å². The fourth-order valence-corrected chi connectivity index (χ4v) is 5.28. The molecule has 0 saturated carbocycles.